The number of carbonyl (C=O) groups is 1. The van der Waals surface area contributed by atoms with Crippen molar-refractivity contribution in [2.75, 3.05) is 12.4 Å². The maximum atomic E-state index is 13.2. The molecular formula is C29H21BrN2O4S. The number of aryl methyl sites for hydroxylation is 1. The van der Waals surface area contributed by atoms with Gasteiger partial charge in [-0.25, -0.2) is 4.79 Å². The summed E-state index contributed by atoms with van der Waals surface area (Å²) in [6.07, 6.45) is 0. The van der Waals surface area contributed by atoms with Crippen molar-refractivity contribution in [3.63, 3.8) is 0 Å². The van der Waals surface area contributed by atoms with Crippen molar-refractivity contribution in [1.82, 2.24) is 5.32 Å². The van der Waals surface area contributed by atoms with E-state index in [0.717, 1.165) is 21.7 Å². The van der Waals surface area contributed by atoms with Gasteiger partial charge in [-0.05, 0) is 81.2 Å². The zero-order chi connectivity index (χ0) is 26.1. The summed E-state index contributed by atoms with van der Waals surface area (Å²) in [4.78, 5) is 25.8. The average Bonchev–Trinajstić information content (AvgIpc) is 2.89. The molecule has 0 atom stereocenters. The van der Waals surface area contributed by atoms with Crippen molar-refractivity contribution >= 4 is 66.6 Å². The fourth-order valence-electron chi connectivity index (χ4n) is 4.16. The normalized spacial score (nSPS) is 10.9. The van der Waals surface area contributed by atoms with Crippen molar-refractivity contribution in [2.45, 2.75) is 6.92 Å². The lowest BCUT2D eigenvalue weighted by Gasteiger charge is -2.16. The Bertz CT molecular complexity index is 1760. The molecule has 0 unspecified atom stereocenters. The first kappa shape index (κ1) is 24.7. The van der Waals surface area contributed by atoms with Gasteiger partial charge in [0.15, 0.2) is 5.11 Å². The first-order valence-electron chi connectivity index (χ1n) is 11.4. The summed E-state index contributed by atoms with van der Waals surface area (Å²) in [6.45, 7) is 1.91. The topological polar surface area (TPSA) is 80.6 Å². The Balaban J connectivity index is 1.41. The lowest BCUT2D eigenvalue weighted by atomic mass is 10.0. The van der Waals surface area contributed by atoms with Crippen LogP contribution in [-0.4, -0.2) is 18.1 Å². The van der Waals surface area contributed by atoms with Gasteiger partial charge in [0, 0.05) is 11.1 Å². The number of rotatable bonds is 4. The molecule has 6 nitrogen and oxygen atoms in total. The largest absolute Gasteiger partial charge is 0.495 e. The van der Waals surface area contributed by atoms with Crippen LogP contribution in [0.15, 0.2) is 92.5 Å². The molecule has 8 heteroatoms. The lowest BCUT2D eigenvalue weighted by Crippen LogP contribution is -2.34. The van der Waals surface area contributed by atoms with E-state index in [9.17, 15) is 9.59 Å². The summed E-state index contributed by atoms with van der Waals surface area (Å²) in [7, 11) is 1.51. The van der Waals surface area contributed by atoms with E-state index in [4.69, 9.17) is 21.4 Å². The number of benzene rings is 4. The monoisotopic (exact) mass is 572 g/mol. The van der Waals surface area contributed by atoms with Gasteiger partial charge in [0.05, 0.1) is 22.7 Å². The highest BCUT2D eigenvalue weighted by atomic mass is 79.9. The van der Waals surface area contributed by atoms with Crippen LogP contribution in [0.25, 0.3) is 32.9 Å². The van der Waals surface area contributed by atoms with Gasteiger partial charge < -0.3 is 14.5 Å². The number of anilines is 1. The number of para-hydroxylation sites is 1. The van der Waals surface area contributed by atoms with Crippen LogP contribution in [-0.2, 0) is 0 Å². The number of methoxy groups -OCH3 is 1. The molecule has 1 heterocycles. The number of thiocarbonyl (C=S) groups is 1. The number of ether oxygens (including phenoxy) is 1. The van der Waals surface area contributed by atoms with Crippen molar-refractivity contribution < 1.29 is 13.9 Å². The Morgan fingerprint density at radius 1 is 0.973 bits per heavy atom. The minimum atomic E-state index is -0.432. The SMILES string of the molecule is COc1c(C(=O)NC(=S)Nc2cc(-c3cc4ccccc4oc3=O)ccc2C)cc2ccccc2c1Br. The molecule has 2 N–H and O–H groups in total. The summed E-state index contributed by atoms with van der Waals surface area (Å²) in [6, 6.07) is 24.1. The average molecular weight is 573 g/mol. The standard InChI is InChI=1S/C29H21BrN2O4S/c1-16-11-12-18(21-14-19-8-4-6-10-24(19)36-28(21)34)15-23(16)31-29(37)32-27(33)22-13-17-7-3-5-9-20(17)25(30)26(22)35-2/h3-15H,1-2H3,(H2,31,32,33,37). The zero-order valence-corrected chi connectivity index (χ0v) is 22.3. The molecule has 5 rings (SSSR count). The van der Waals surface area contributed by atoms with Gasteiger partial charge in [0.1, 0.15) is 11.3 Å². The van der Waals surface area contributed by atoms with Crippen LogP contribution in [0.3, 0.4) is 0 Å². The Morgan fingerprint density at radius 2 is 1.70 bits per heavy atom. The van der Waals surface area contributed by atoms with Crippen LogP contribution < -0.4 is 21.0 Å². The molecule has 4 aromatic carbocycles. The van der Waals surface area contributed by atoms with E-state index in [1.165, 1.54) is 7.11 Å². The predicted molar refractivity (Wildman–Crippen MR) is 155 cm³/mol. The Kier molecular flexibility index (Phi) is 6.78. The van der Waals surface area contributed by atoms with E-state index >= 15 is 0 Å². The van der Waals surface area contributed by atoms with Crippen LogP contribution in [0.2, 0.25) is 0 Å². The molecule has 0 aliphatic rings. The van der Waals surface area contributed by atoms with Crippen molar-refractivity contribution in [1.29, 1.82) is 0 Å². The zero-order valence-electron chi connectivity index (χ0n) is 19.9. The number of hydrogen-bond donors (Lipinski definition) is 2. The molecule has 0 aliphatic heterocycles. The van der Waals surface area contributed by atoms with E-state index < -0.39 is 11.5 Å². The van der Waals surface area contributed by atoms with Gasteiger partial charge in [-0.1, -0.05) is 54.6 Å². The van der Waals surface area contributed by atoms with E-state index in [1.807, 2.05) is 67.6 Å². The maximum absolute atomic E-state index is 13.2. The molecule has 184 valence electrons. The van der Waals surface area contributed by atoms with E-state index in [2.05, 4.69) is 26.6 Å². The quantitative estimate of drug-likeness (QED) is 0.182. The molecule has 0 radical (unpaired) electrons. The Labute approximate surface area is 226 Å². The van der Waals surface area contributed by atoms with Gasteiger partial charge in [-0.2, -0.15) is 0 Å². The van der Waals surface area contributed by atoms with Gasteiger partial charge in [-0.15, -0.1) is 0 Å². The van der Waals surface area contributed by atoms with Crippen LogP contribution >= 0.6 is 28.1 Å². The second kappa shape index (κ2) is 10.2. The van der Waals surface area contributed by atoms with Crippen molar-refractivity contribution in [3.8, 4) is 16.9 Å². The summed E-state index contributed by atoms with van der Waals surface area (Å²) in [5.41, 5.74) is 3.08. The number of nitrogens with one attached hydrogen (secondary N) is 2. The van der Waals surface area contributed by atoms with Crippen LogP contribution in [0.5, 0.6) is 5.75 Å². The molecule has 1 amide bonds. The van der Waals surface area contributed by atoms with Crippen LogP contribution in [0.4, 0.5) is 5.69 Å². The Hall–Kier alpha value is -4.01. The number of halogens is 1. The molecule has 0 fully saturated rings. The third-order valence-corrected chi connectivity index (χ3v) is 7.05. The molecule has 1 aromatic heterocycles. The van der Waals surface area contributed by atoms with Gasteiger partial charge in [-0.3, -0.25) is 10.1 Å². The molecule has 0 bridgehead atoms. The third kappa shape index (κ3) is 4.85. The van der Waals surface area contributed by atoms with Gasteiger partial charge in [0.2, 0.25) is 0 Å². The van der Waals surface area contributed by atoms with Crippen molar-refractivity contribution in [2.24, 2.45) is 0 Å². The fourth-order valence-corrected chi connectivity index (χ4v) is 5.10. The van der Waals surface area contributed by atoms with E-state index in [0.29, 0.717) is 38.2 Å². The molecule has 0 saturated heterocycles. The molecule has 5 aromatic rings. The maximum Gasteiger partial charge on any atom is 0.344 e. The first-order chi connectivity index (χ1) is 17.9. The summed E-state index contributed by atoms with van der Waals surface area (Å²) < 4.78 is 11.7. The summed E-state index contributed by atoms with van der Waals surface area (Å²) in [5.74, 6) is 0.00462. The molecular weight excluding hydrogens is 552 g/mol. The first-order valence-corrected chi connectivity index (χ1v) is 12.6. The minimum absolute atomic E-state index is 0.113. The summed E-state index contributed by atoms with van der Waals surface area (Å²) in [5, 5.41) is 8.57. The second-order valence-electron chi connectivity index (χ2n) is 8.42. The van der Waals surface area contributed by atoms with Crippen LogP contribution in [0, 0.1) is 6.92 Å². The molecule has 0 aliphatic carbocycles. The molecule has 0 saturated carbocycles. The van der Waals surface area contributed by atoms with Crippen molar-refractivity contribution in [3.05, 3.63) is 105 Å². The number of hydrogen-bond acceptors (Lipinski definition) is 5. The fraction of sp³-hybridized carbons (Fsp3) is 0.0690. The minimum Gasteiger partial charge on any atom is -0.495 e. The van der Waals surface area contributed by atoms with Gasteiger partial charge in [0.25, 0.3) is 5.91 Å². The highest BCUT2D eigenvalue weighted by molar-refractivity contribution is 9.10. The number of amides is 1. The smallest absolute Gasteiger partial charge is 0.344 e. The number of carbonyl (C=O) groups excluding carboxylic acids is 1. The molecule has 0 spiro atoms. The summed E-state index contributed by atoms with van der Waals surface area (Å²) >= 11 is 9.01. The predicted octanol–water partition coefficient (Wildman–Crippen LogP) is 6.82. The second-order valence-corrected chi connectivity index (χ2v) is 9.62. The van der Waals surface area contributed by atoms with Crippen LogP contribution in [0.1, 0.15) is 15.9 Å². The molecule has 37 heavy (non-hydrogen) atoms. The Morgan fingerprint density at radius 3 is 2.49 bits per heavy atom. The highest BCUT2D eigenvalue weighted by Crippen LogP contribution is 2.36. The highest BCUT2D eigenvalue weighted by Gasteiger charge is 2.19. The number of fused-ring (bicyclic) bond motifs is 2. The van der Waals surface area contributed by atoms with Gasteiger partial charge >= 0.3 is 5.63 Å². The lowest BCUT2D eigenvalue weighted by molar-refractivity contribution is 0.0975. The van der Waals surface area contributed by atoms with E-state index in [-0.39, 0.29) is 5.11 Å². The van der Waals surface area contributed by atoms with E-state index in [1.54, 1.807) is 18.2 Å². The third-order valence-electron chi connectivity index (χ3n) is 6.06.